The largest absolute Gasteiger partial charge is 0.481 e. The first kappa shape index (κ1) is 66.3. The number of nitrogen functional groups attached to an aromatic ring is 1. The molecule has 7 N–H and O–H groups in total. The molecule has 3 unspecified atom stereocenters. The molecule has 0 aromatic carbocycles. The van der Waals surface area contributed by atoms with Crippen LogP contribution in [0.25, 0.3) is 0 Å². The number of aliphatic hydroxyl groups excluding tert-OH is 3. The maximum Gasteiger partial charge on any atom is 0.481 e. The van der Waals surface area contributed by atoms with Crippen LogP contribution in [0, 0.1) is 0 Å². The van der Waals surface area contributed by atoms with Gasteiger partial charge in [0.15, 0.2) is 12.3 Å². The number of allylic oxidation sites excluding steroid dienone is 11. The second-order valence-electron chi connectivity index (χ2n) is 18.2. The summed E-state index contributed by atoms with van der Waals surface area (Å²) < 4.78 is 56.8. The van der Waals surface area contributed by atoms with Crippen molar-refractivity contribution in [2.24, 2.45) is 0 Å². The topological polar surface area (TPSA) is 286 Å². The molecule has 0 bridgehead atoms. The number of phosphoric ester groups is 2. The van der Waals surface area contributed by atoms with Crippen molar-refractivity contribution >= 4 is 33.4 Å². The van der Waals surface area contributed by atoms with Crippen molar-refractivity contribution in [3.63, 3.8) is 0 Å². The SMILES string of the molecule is CC/C=C/C/C=C/C=C/C(O)CCCCCCCC(=O)OC[C@H](COP(=O)(O)OP(=O)(O)OC[C@H]1O[C@@H](n2ccc(N)nc2=O)[C@H](O)[C@@H]1O)OC(=O)CCCCCCCC/C=C\C/C=C\C/C=C\CCCCCC. The number of anilines is 1. The van der Waals surface area contributed by atoms with E-state index >= 15 is 0 Å². The van der Waals surface area contributed by atoms with Crippen molar-refractivity contribution in [3.05, 3.63) is 95.7 Å². The molecule has 1 aliphatic heterocycles. The Hall–Kier alpha value is -3.84. The highest BCUT2D eigenvalue weighted by atomic mass is 31.3. The maximum absolute atomic E-state index is 12.9. The average Bonchev–Trinajstić information content (AvgIpc) is 3.63. The zero-order valence-corrected chi connectivity index (χ0v) is 45.5. The molecule has 8 atom stereocenters. The van der Waals surface area contributed by atoms with Gasteiger partial charge in [0, 0.05) is 19.0 Å². The van der Waals surface area contributed by atoms with Gasteiger partial charge in [-0.15, -0.1) is 0 Å². The Morgan fingerprint density at radius 3 is 1.95 bits per heavy atom. The van der Waals surface area contributed by atoms with Crippen LogP contribution in [-0.2, 0) is 46.3 Å². The Kier molecular flexibility index (Phi) is 36.2. The number of carbonyl (C=O) groups excluding carboxylic acids is 2. The van der Waals surface area contributed by atoms with E-state index in [-0.39, 0.29) is 18.7 Å². The number of nitrogens with two attached hydrogens (primary N) is 1. The van der Waals surface area contributed by atoms with Gasteiger partial charge in [0.1, 0.15) is 30.7 Å². The first-order valence-corrected chi connectivity index (χ1v) is 29.5. The van der Waals surface area contributed by atoms with E-state index in [9.17, 15) is 48.6 Å². The lowest BCUT2D eigenvalue weighted by molar-refractivity contribution is -0.161. The molecule has 1 aromatic heterocycles. The number of phosphoric acid groups is 2. The van der Waals surface area contributed by atoms with E-state index in [0.29, 0.717) is 19.3 Å². The summed E-state index contributed by atoms with van der Waals surface area (Å²) in [5.74, 6) is -1.40. The van der Waals surface area contributed by atoms with Gasteiger partial charge in [-0.2, -0.15) is 9.29 Å². The molecule has 19 nitrogen and oxygen atoms in total. The molecule has 21 heteroatoms. The molecule has 0 amide bonds. The van der Waals surface area contributed by atoms with Gasteiger partial charge in [-0.05, 0) is 76.7 Å². The highest BCUT2D eigenvalue weighted by molar-refractivity contribution is 7.61. The zero-order valence-electron chi connectivity index (χ0n) is 43.7. The van der Waals surface area contributed by atoms with Crippen LogP contribution in [0.5, 0.6) is 0 Å². The van der Waals surface area contributed by atoms with Crippen molar-refractivity contribution in [1.29, 1.82) is 0 Å². The summed E-state index contributed by atoms with van der Waals surface area (Å²) in [6.45, 7) is 1.90. The van der Waals surface area contributed by atoms with Gasteiger partial charge in [0.05, 0.1) is 19.3 Å². The second kappa shape index (κ2) is 40.4. The Labute approximate surface area is 438 Å². The normalized spacial score (nSPS) is 19.9. The fourth-order valence-corrected chi connectivity index (χ4v) is 9.61. The summed E-state index contributed by atoms with van der Waals surface area (Å²) in [4.78, 5) is 62.0. The summed E-state index contributed by atoms with van der Waals surface area (Å²) in [6, 6.07) is 1.24. The van der Waals surface area contributed by atoms with Gasteiger partial charge in [0.25, 0.3) is 0 Å². The van der Waals surface area contributed by atoms with E-state index < -0.39 is 89.8 Å². The minimum absolute atomic E-state index is 0.0117. The first-order chi connectivity index (χ1) is 35.6. The number of ether oxygens (including phenoxy) is 3. The molecule has 0 spiro atoms. The van der Waals surface area contributed by atoms with Crippen LogP contribution >= 0.6 is 15.6 Å². The number of aliphatic hydroxyl groups is 3. The summed E-state index contributed by atoms with van der Waals surface area (Å²) in [5.41, 5.74) is 4.58. The summed E-state index contributed by atoms with van der Waals surface area (Å²) in [7, 11) is -10.9. The predicted molar refractivity (Wildman–Crippen MR) is 285 cm³/mol. The van der Waals surface area contributed by atoms with Gasteiger partial charge in [0.2, 0.25) is 0 Å². The van der Waals surface area contributed by atoms with Crippen molar-refractivity contribution in [2.45, 2.75) is 205 Å². The van der Waals surface area contributed by atoms with Crippen LogP contribution < -0.4 is 11.4 Å². The Morgan fingerprint density at radius 1 is 0.730 bits per heavy atom. The van der Waals surface area contributed by atoms with Gasteiger partial charge < -0.3 is 45.1 Å². The lowest BCUT2D eigenvalue weighted by Gasteiger charge is -2.21. The summed E-state index contributed by atoms with van der Waals surface area (Å²) in [6.07, 6.45) is 38.4. The number of hydrogen-bond acceptors (Lipinski definition) is 16. The van der Waals surface area contributed by atoms with Crippen LogP contribution in [0.2, 0.25) is 0 Å². The zero-order chi connectivity index (χ0) is 54.3. The summed E-state index contributed by atoms with van der Waals surface area (Å²) in [5, 5.41) is 31.1. The number of rotatable bonds is 43. The average molecular weight is 1080 g/mol. The molecule has 1 saturated heterocycles. The molecule has 74 heavy (non-hydrogen) atoms. The third kappa shape index (κ3) is 32.6. The van der Waals surface area contributed by atoms with Crippen molar-refractivity contribution in [1.82, 2.24) is 9.55 Å². The summed E-state index contributed by atoms with van der Waals surface area (Å²) >= 11 is 0. The number of nitrogens with zero attached hydrogens (tertiary/aromatic N) is 2. The van der Waals surface area contributed by atoms with Crippen LogP contribution in [0.3, 0.4) is 0 Å². The molecular formula is C53H87N3O16P2. The van der Waals surface area contributed by atoms with Crippen molar-refractivity contribution < 1.29 is 71.4 Å². The third-order valence-corrected chi connectivity index (χ3v) is 14.2. The van der Waals surface area contributed by atoms with E-state index in [1.165, 1.54) is 31.7 Å². The lowest BCUT2D eigenvalue weighted by atomic mass is 10.1. The smallest absolute Gasteiger partial charge is 0.462 e. The van der Waals surface area contributed by atoms with Crippen LogP contribution in [-0.4, -0.2) is 96.9 Å². The maximum atomic E-state index is 12.9. The minimum atomic E-state index is -5.45. The number of hydrogen-bond donors (Lipinski definition) is 6. The van der Waals surface area contributed by atoms with E-state index in [1.807, 2.05) is 18.2 Å². The van der Waals surface area contributed by atoms with Gasteiger partial charge in [-0.25, -0.2) is 13.9 Å². The molecule has 0 aliphatic carbocycles. The molecule has 420 valence electrons. The van der Waals surface area contributed by atoms with Crippen LogP contribution in [0.4, 0.5) is 5.82 Å². The van der Waals surface area contributed by atoms with E-state index in [1.54, 1.807) is 6.08 Å². The van der Waals surface area contributed by atoms with Crippen molar-refractivity contribution in [3.8, 4) is 0 Å². The van der Waals surface area contributed by atoms with Gasteiger partial charge >= 0.3 is 33.3 Å². The standard InChI is InChI=1S/C53H87N3O16P2/c1-3-5-7-9-11-12-13-14-15-16-17-18-19-20-21-22-23-25-29-34-38-49(59)70-45(41-67-48(58)37-33-30-26-28-32-36-44(57)35-31-27-24-10-8-6-4-2)42-68-73(63,64)72-74(65,66)69-43-46-50(60)51(61)52(71-46)56-40-39-47(54)55-53(56)62/h6,8,12-13,15-16,18-19,24,27,31,35,39-40,44-46,50-52,57,60-61H,3-5,7,9-11,14,17,20-23,25-26,28-30,32-34,36-38,41-43H2,1-2H3,(H,63,64)(H,65,66)(H2,54,55,62)/b8-6+,13-12-,16-15-,19-18-,27-24+,35-31+/t44?,45-,46-,50-,51-,52-/m1/s1. The van der Waals surface area contributed by atoms with Gasteiger partial charge in [-0.1, -0.05) is 157 Å². The first-order valence-electron chi connectivity index (χ1n) is 26.6. The molecule has 0 radical (unpaired) electrons. The fourth-order valence-electron chi connectivity index (χ4n) is 7.50. The Morgan fingerprint density at radius 2 is 1.30 bits per heavy atom. The molecule has 1 aliphatic rings. The molecule has 1 aromatic rings. The lowest BCUT2D eigenvalue weighted by Crippen LogP contribution is -2.36. The number of unbranched alkanes of at least 4 members (excludes halogenated alkanes) is 14. The Balaban J connectivity index is 1.81. The predicted octanol–water partition coefficient (Wildman–Crippen LogP) is 10.3. The number of carbonyl (C=O) groups is 2. The molecular weight excluding hydrogens is 997 g/mol. The number of esters is 2. The fraction of sp³-hybridized carbons (Fsp3) is 0.660. The highest BCUT2D eigenvalue weighted by Crippen LogP contribution is 2.60. The quantitative estimate of drug-likeness (QED) is 0.0117. The monoisotopic (exact) mass is 1080 g/mol. The highest BCUT2D eigenvalue weighted by Gasteiger charge is 2.46. The third-order valence-electron chi connectivity index (χ3n) is 11.6. The molecule has 2 rings (SSSR count). The minimum Gasteiger partial charge on any atom is -0.462 e. The molecule has 0 saturated carbocycles. The van der Waals surface area contributed by atoms with Gasteiger partial charge in [-0.3, -0.25) is 23.2 Å². The number of aromatic nitrogens is 2. The van der Waals surface area contributed by atoms with E-state index in [0.717, 1.165) is 107 Å². The van der Waals surface area contributed by atoms with Crippen LogP contribution in [0.1, 0.15) is 174 Å². The molecule has 2 heterocycles. The molecule has 1 fully saturated rings. The Bertz CT molecular complexity index is 2040. The van der Waals surface area contributed by atoms with Crippen molar-refractivity contribution in [2.75, 3.05) is 25.6 Å². The van der Waals surface area contributed by atoms with Crippen LogP contribution in [0.15, 0.2) is 90.0 Å². The second-order valence-corrected chi connectivity index (χ2v) is 21.2. The van der Waals surface area contributed by atoms with E-state index in [2.05, 4.69) is 71.8 Å². The van der Waals surface area contributed by atoms with E-state index in [4.69, 9.17) is 29.0 Å².